The highest BCUT2D eigenvalue weighted by molar-refractivity contribution is 6.21. The molecule has 3 heterocycles. The molecule has 3 aromatic heterocycles. The van der Waals surface area contributed by atoms with Crippen molar-refractivity contribution in [3.63, 3.8) is 0 Å². The first kappa shape index (κ1) is 32.6. The molecule has 0 radical (unpaired) electrons. The number of fused-ring (bicyclic) bond motifs is 9. The number of furan rings is 2. The van der Waals surface area contributed by atoms with Crippen LogP contribution in [-0.4, -0.2) is 4.98 Å². The number of oxazole rings is 1. The molecule has 5 heteroatoms. The zero-order chi connectivity index (χ0) is 38.2. The van der Waals surface area contributed by atoms with Gasteiger partial charge in [-0.2, -0.15) is 0 Å². The van der Waals surface area contributed by atoms with Gasteiger partial charge in [-0.3, -0.25) is 0 Å². The van der Waals surface area contributed by atoms with E-state index in [1.54, 1.807) is 0 Å². The van der Waals surface area contributed by atoms with E-state index in [9.17, 15) is 0 Å². The average Bonchev–Trinajstić information content (AvgIpc) is 4.01. The summed E-state index contributed by atoms with van der Waals surface area (Å²) >= 11 is 0. The fourth-order valence-electron chi connectivity index (χ4n) is 8.89. The standard InChI is InChI=1S/C53H34N2O3/c1-2-13-35(14-3-1)53-54-44-30-31-48-50(52(44)58-53)49-41(21-11-25-47(49)56-48)36-16-8-17-38(32-36)55(45-23-10-22-43-42-19-6-7-24-46(42)57-51(43)45)37-28-26-34(27-29-37)40-20-9-15-33-12-4-5-18-39(33)40/h1-3,5-11,13-32H,4,12H2. The normalized spacial score (nSPS) is 12.6. The maximum atomic E-state index is 6.67. The summed E-state index contributed by atoms with van der Waals surface area (Å²) in [7, 11) is 0. The number of aromatic nitrogens is 1. The van der Waals surface area contributed by atoms with Crippen LogP contribution in [0.4, 0.5) is 17.1 Å². The minimum absolute atomic E-state index is 0.585. The van der Waals surface area contributed by atoms with E-state index in [4.69, 9.17) is 18.2 Å². The van der Waals surface area contributed by atoms with E-state index in [-0.39, 0.29) is 0 Å². The summed E-state index contributed by atoms with van der Waals surface area (Å²) in [5.41, 5.74) is 15.9. The predicted molar refractivity (Wildman–Crippen MR) is 237 cm³/mol. The van der Waals surface area contributed by atoms with Gasteiger partial charge in [0, 0.05) is 33.1 Å². The first-order valence-electron chi connectivity index (χ1n) is 19.8. The Bertz CT molecular complexity index is 3400. The van der Waals surface area contributed by atoms with Crippen LogP contribution in [0.15, 0.2) is 189 Å². The molecule has 0 bridgehead atoms. The molecule has 0 atom stereocenters. The van der Waals surface area contributed by atoms with Crippen LogP contribution in [0, 0.1) is 0 Å². The lowest BCUT2D eigenvalue weighted by atomic mass is 9.90. The van der Waals surface area contributed by atoms with Crippen LogP contribution in [0.3, 0.4) is 0 Å². The largest absolute Gasteiger partial charge is 0.456 e. The minimum atomic E-state index is 0.585. The van der Waals surface area contributed by atoms with E-state index < -0.39 is 0 Å². The summed E-state index contributed by atoms with van der Waals surface area (Å²) in [4.78, 5) is 7.20. The second kappa shape index (κ2) is 13.0. The molecular formula is C53H34N2O3. The lowest BCUT2D eigenvalue weighted by molar-refractivity contribution is 0.622. The molecule has 8 aromatic carbocycles. The fourth-order valence-corrected chi connectivity index (χ4v) is 8.89. The van der Waals surface area contributed by atoms with E-state index in [1.807, 2.05) is 60.7 Å². The molecular weight excluding hydrogens is 713 g/mol. The van der Waals surface area contributed by atoms with Crippen LogP contribution < -0.4 is 4.90 Å². The zero-order valence-corrected chi connectivity index (χ0v) is 31.4. The third kappa shape index (κ3) is 5.14. The number of rotatable bonds is 6. The Morgan fingerprint density at radius 2 is 1.24 bits per heavy atom. The molecule has 0 saturated heterocycles. The van der Waals surface area contributed by atoms with Gasteiger partial charge in [0.2, 0.25) is 5.89 Å². The van der Waals surface area contributed by atoms with Crippen molar-refractivity contribution in [2.45, 2.75) is 12.8 Å². The fraction of sp³-hybridized carbons (Fsp3) is 0.0377. The number of hydrogen-bond donors (Lipinski definition) is 0. The average molecular weight is 747 g/mol. The molecule has 1 aliphatic rings. The quantitative estimate of drug-likeness (QED) is 0.170. The van der Waals surface area contributed by atoms with Gasteiger partial charge in [-0.1, -0.05) is 115 Å². The van der Waals surface area contributed by atoms with Crippen molar-refractivity contribution in [3.05, 3.63) is 187 Å². The van der Waals surface area contributed by atoms with Crippen molar-refractivity contribution in [2.24, 2.45) is 0 Å². The highest BCUT2D eigenvalue weighted by Crippen LogP contribution is 2.46. The molecule has 0 saturated carbocycles. The van der Waals surface area contributed by atoms with Gasteiger partial charge >= 0.3 is 0 Å². The second-order valence-electron chi connectivity index (χ2n) is 15.0. The van der Waals surface area contributed by atoms with E-state index >= 15 is 0 Å². The molecule has 0 fully saturated rings. The van der Waals surface area contributed by atoms with Crippen LogP contribution in [0.1, 0.15) is 17.5 Å². The maximum absolute atomic E-state index is 6.67. The smallest absolute Gasteiger partial charge is 0.227 e. The molecule has 0 aliphatic heterocycles. The third-order valence-electron chi connectivity index (χ3n) is 11.6. The molecule has 12 rings (SSSR count). The summed E-state index contributed by atoms with van der Waals surface area (Å²) in [5, 5.41) is 4.08. The van der Waals surface area contributed by atoms with Gasteiger partial charge in [-0.25, -0.2) is 4.98 Å². The van der Waals surface area contributed by atoms with Gasteiger partial charge < -0.3 is 18.2 Å². The van der Waals surface area contributed by atoms with Gasteiger partial charge in [-0.05, 0) is 113 Å². The Balaban J connectivity index is 1.04. The van der Waals surface area contributed by atoms with Crippen LogP contribution in [0.2, 0.25) is 0 Å². The van der Waals surface area contributed by atoms with Crippen LogP contribution in [-0.2, 0) is 6.42 Å². The Hall–Kier alpha value is -7.63. The maximum Gasteiger partial charge on any atom is 0.227 e. The minimum Gasteiger partial charge on any atom is -0.456 e. The number of hydrogen-bond acceptors (Lipinski definition) is 5. The predicted octanol–water partition coefficient (Wildman–Crippen LogP) is 15.1. The molecule has 0 spiro atoms. The van der Waals surface area contributed by atoms with Crippen molar-refractivity contribution in [1.29, 1.82) is 0 Å². The van der Waals surface area contributed by atoms with Crippen molar-refractivity contribution in [2.75, 3.05) is 4.90 Å². The van der Waals surface area contributed by atoms with Crippen molar-refractivity contribution in [3.8, 4) is 33.7 Å². The topological polar surface area (TPSA) is 55.6 Å². The number of allylic oxidation sites excluding steroid dienone is 1. The van der Waals surface area contributed by atoms with Crippen LogP contribution >= 0.6 is 0 Å². The summed E-state index contributed by atoms with van der Waals surface area (Å²) in [6.07, 6.45) is 6.72. The van der Waals surface area contributed by atoms with Gasteiger partial charge in [0.05, 0.1) is 11.1 Å². The van der Waals surface area contributed by atoms with Gasteiger partial charge in [0.15, 0.2) is 11.2 Å². The summed E-state index contributed by atoms with van der Waals surface area (Å²) < 4.78 is 19.7. The van der Waals surface area contributed by atoms with E-state index in [0.717, 1.165) is 96.0 Å². The number of anilines is 3. The monoisotopic (exact) mass is 746 g/mol. The summed E-state index contributed by atoms with van der Waals surface area (Å²) in [6, 6.07) is 59.3. The zero-order valence-electron chi connectivity index (χ0n) is 31.4. The Labute approximate surface area is 333 Å². The van der Waals surface area contributed by atoms with Crippen LogP contribution in [0.5, 0.6) is 0 Å². The van der Waals surface area contributed by atoms with Crippen molar-refractivity contribution >= 4 is 78.1 Å². The van der Waals surface area contributed by atoms with Gasteiger partial charge in [0.1, 0.15) is 22.3 Å². The van der Waals surface area contributed by atoms with Crippen molar-refractivity contribution in [1.82, 2.24) is 4.98 Å². The number of para-hydroxylation sites is 2. The Morgan fingerprint density at radius 3 is 2.17 bits per heavy atom. The third-order valence-corrected chi connectivity index (χ3v) is 11.6. The molecule has 5 nitrogen and oxygen atoms in total. The molecule has 58 heavy (non-hydrogen) atoms. The lowest BCUT2D eigenvalue weighted by Gasteiger charge is -2.26. The summed E-state index contributed by atoms with van der Waals surface area (Å²) in [5.74, 6) is 0.585. The molecule has 11 aromatic rings. The number of benzene rings is 8. The van der Waals surface area contributed by atoms with E-state index in [1.165, 1.54) is 22.3 Å². The Morgan fingerprint density at radius 1 is 0.483 bits per heavy atom. The highest BCUT2D eigenvalue weighted by atomic mass is 16.4. The Kier molecular flexibility index (Phi) is 7.29. The van der Waals surface area contributed by atoms with Crippen LogP contribution in [0.25, 0.3) is 94.8 Å². The number of nitrogens with zero attached hydrogens (tertiary/aromatic N) is 2. The second-order valence-corrected chi connectivity index (χ2v) is 15.0. The SMILES string of the molecule is C1=Cc2c(cccc2-c2ccc(N(c3cccc(-c4cccc5oc6ccc7nc(-c8ccccc8)oc7c6c45)c3)c3cccc4c3oc3ccccc34)cc2)CC1. The van der Waals surface area contributed by atoms with E-state index in [0.29, 0.717) is 11.5 Å². The molecule has 0 unspecified atom stereocenters. The lowest BCUT2D eigenvalue weighted by Crippen LogP contribution is -2.10. The van der Waals surface area contributed by atoms with Gasteiger partial charge in [-0.15, -0.1) is 0 Å². The molecule has 0 amide bonds. The van der Waals surface area contributed by atoms with E-state index in [2.05, 4.69) is 126 Å². The first-order chi connectivity index (χ1) is 28.7. The highest BCUT2D eigenvalue weighted by Gasteiger charge is 2.23. The molecule has 1 aliphatic carbocycles. The molecule has 0 N–H and O–H groups in total. The first-order valence-corrected chi connectivity index (χ1v) is 19.8. The van der Waals surface area contributed by atoms with Gasteiger partial charge in [0.25, 0.3) is 0 Å². The molecule has 274 valence electrons. The number of aryl methyl sites for hydroxylation is 1. The summed E-state index contributed by atoms with van der Waals surface area (Å²) in [6.45, 7) is 0. The van der Waals surface area contributed by atoms with Crippen molar-refractivity contribution < 1.29 is 13.3 Å².